The van der Waals surface area contributed by atoms with Crippen molar-refractivity contribution in [2.45, 2.75) is 4.90 Å². The molecule has 0 amide bonds. The molecule has 39 heavy (non-hydrogen) atoms. The topological polar surface area (TPSA) is 42.3 Å². The molecule has 0 N–H and O–H groups in total. The van der Waals surface area contributed by atoms with Crippen LogP contribution in [0, 0.1) is 0 Å². The summed E-state index contributed by atoms with van der Waals surface area (Å²) in [5, 5.41) is 4.25. The van der Waals surface area contributed by atoms with Gasteiger partial charge in [0.1, 0.15) is 0 Å². The van der Waals surface area contributed by atoms with Gasteiger partial charge in [-0.05, 0) is 47.2 Å². The minimum absolute atomic E-state index is 0.313. The monoisotopic (exact) mass is 522 g/mol. The Bertz CT molecular complexity index is 2180. The first-order valence-corrected chi connectivity index (χ1v) is 14.3. The Labute approximate surface area is 226 Å². The Kier molecular flexibility index (Phi) is 4.58. The van der Waals surface area contributed by atoms with Crippen LogP contribution in [0.2, 0.25) is 0 Å². The first-order chi connectivity index (χ1) is 19.2. The van der Waals surface area contributed by atoms with Crippen LogP contribution in [0.3, 0.4) is 0 Å². The molecule has 1 aliphatic rings. The molecule has 4 nitrogen and oxygen atoms in total. The van der Waals surface area contributed by atoms with Gasteiger partial charge in [0, 0.05) is 27.6 Å². The fourth-order valence-corrected chi connectivity index (χ4v) is 7.88. The van der Waals surface area contributed by atoms with Crippen molar-refractivity contribution in [2.75, 3.05) is 4.31 Å². The zero-order chi connectivity index (χ0) is 26.1. The third-order valence-electron chi connectivity index (χ3n) is 7.68. The SMILES string of the molecule is O=S1(=O)c2ccccc2-c2c(c3c(c4ccccc24)c2ccccc2n3-c2ccccc2)N1c1ccccc1. The molecule has 0 aliphatic carbocycles. The Morgan fingerprint density at radius 3 is 1.82 bits per heavy atom. The highest BCUT2D eigenvalue weighted by atomic mass is 32.2. The first kappa shape index (κ1) is 22.1. The van der Waals surface area contributed by atoms with Crippen molar-refractivity contribution in [1.29, 1.82) is 0 Å². The summed E-state index contributed by atoms with van der Waals surface area (Å²) in [5.74, 6) is 0. The molecule has 5 heteroatoms. The molecule has 1 aliphatic heterocycles. The van der Waals surface area contributed by atoms with Crippen LogP contribution in [0.25, 0.3) is 49.4 Å². The molecular formula is C34H22N2O2S. The highest BCUT2D eigenvalue weighted by Gasteiger charge is 2.40. The van der Waals surface area contributed by atoms with E-state index >= 15 is 0 Å². The number of benzene rings is 6. The van der Waals surface area contributed by atoms with E-state index in [4.69, 9.17) is 0 Å². The standard InChI is InChI=1S/C34H22N2O2S/c37-39(38)30-22-12-10-20-28(30)32-26-18-8-7-17-25(26)31-27-19-9-11-21-29(27)35(23-13-3-1-4-14-23)33(31)34(32)36(39)24-15-5-2-6-16-24/h1-22H. The van der Waals surface area contributed by atoms with Crippen LogP contribution in [0.1, 0.15) is 0 Å². The molecule has 0 spiro atoms. The second-order valence-electron chi connectivity index (χ2n) is 9.78. The zero-order valence-corrected chi connectivity index (χ0v) is 21.6. The maximum Gasteiger partial charge on any atom is 0.269 e. The average Bonchev–Trinajstić information content (AvgIpc) is 3.33. The highest BCUT2D eigenvalue weighted by molar-refractivity contribution is 7.93. The summed E-state index contributed by atoms with van der Waals surface area (Å²) in [6.07, 6.45) is 0. The summed E-state index contributed by atoms with van der Waals surface area (Å²) in [5.41, 5.74) is 5.81. The predicted molar refractivity (Wildman–Crippen MR) is 159 cm³/mol. The molecule has 8 rings (SSSR count). The largest absolute Gasteiger partial charge is 0.307 e. The lowest BCUT2D eigenvalue weighted by atomic mass is 9.92. The Balaban J connectivity index is 1.73. The number of rotatable bonds is 2. The molecule has 0 unspecified atom stereocenters. The predicted octanol–water partition coefficient (Wildman–Crippen LogP) is 8.44. The van der Waals surface area contributed by atoms with Gasteiger partial charge in [-0.25, -0.2) is 12.7 Å². The fraction of sp³-hybridized carbons (Fsp3) is 0. The lowest BCUT2D eigenvalue weighted by Gasteiger charge is -2.34. The number of anilines is 2. The van der Waals surface area contributed by atoms with E-state index in [-0.39, 0.29) is 0 Å². The van der Waals surface area contributed by atoms with Gasteiger partial charge >= 0.3 is 0 Å². The molecule has 1 aromatic heterocycles. The number of hydrogen-bond donors (Lipinski definition) is 0. The first-order valence-electron chi connectivity index (χ1n) is 12.9. The molecule has 0 bridgehead atoms. The van der Waals surface area contributed by atoms with E-state index in [9.17, 15) is 8.42 Å². The molecule has 186 valence electrons. The summed E-state index contributed by atoms with van der Waals surface area (Å²) in [4.78, 5) is 0.313. The van der Waals surface area contributed by atoms with Gasteiger partial charge in [-0.2, -0.15) is 0 Å². The van der Waals surface area contributed by atoms with Crippen LogP contribution in [0.4, 0.5) is 11.4 Å². The van der Waals surface area contributed by atoms with Crippen LogP contribution in [0.5, 0.6) is 0 Å². The molecule has 0 radical (unpaired) electrons. The van der Waals surface area contributed by atoms with Gasteiger partial charge in [0.2, 0.25) is 0 Å². The smallest absolute Gasteiger partial charge is 0.269 e. The van der Waals surface area contributed by atoms with E-state index in [0.29, 0.717) is 16.3 Å². The Morgan fingerprint density at radius 2 is 1.08 bits per heavy atom. The molecule has 0 saturated carbocycles. The van der Waals surface area contributed by atoms with Crippen molar-refractivity contribution in [1.82, 2.24) is 4.57 Å². The zero-order valence-electron chi connectivity index (χ0n) is 20.8. The molecule has 7 aromatic rings. The number of sulfonamides is 1. The molecule has 0 atom stereocenters. The van der Waals surface area contributed by atoms with Crippen molar-refractivity contribution in [3.63, 3.8) is 0 Å². The third kappa shape index (κ3) is 2.96. The number of fused-ring (bicyclic) bond motifs is 10. The summed E-state index contributed by atoms with van der Waals surface area (Å²) in [6, 6.07) is 43.6. The van der Waals surface area contributed by atoms with Gasteiger partial charge in [-0.15, -0.1) is 0 Å². The van der Waals surface area contributed by atoms with E-state index in [2.05, 4.69) is 47.0 Å². The quantitative estimate of drug-likeness (QED) is 0.229. The van der Waals surface area contributed by atoms with Crippen LogP contribution >= 0.6 is 0 Å². The van der Waals surface area contributed by atoms with Gasteiger partial charge in [-0.3, -0.25) is 0 Å². The van der Waals surface area contributed by atoms with Crippen LogP contribution in [-0.4, -0.2) is 13.0 Å². The summed E-state index contributed by atoms with van der Waals surface area (Å²) in [7, 11) is -3.93. The normalized spacial score (nSPS) is 14.0. The molecule has 6 aromatic carbocycles. The van der Waals surface area contributed by atoms with Crippen LogP contribution < -0.4 is 4.31 Å². The summed E-state index contributed by atoms with van der Waals surface area (Å²) in [6.45, 7) is 0. The molecular weight excluding hydrogens is 500 g/mol. The molecule has 0 fully saturated rings. The van der Waals surface area contributed by atoms with E-state index in [1.54, 1.807) is 16.4 Å². The van der Waals surface area contributed by atoms with Crippen molar-refractivity contribution in [3.8, 4) is 16.8 Å². The second-order valence-corrected chi connectivity index (χ2v) is 11.5. The minimum atomic E-state index is -3.93. The molecule has 0 saturated heterocycles. The lowest BCUT2D eigenvalue weighted by molar-refractivity contribution is 0.596. The van der Waals surface area contributed by atoms with Gasteiger partial charge in [0.25, 0.3) is 10.0 Å². The average molecular weight is 523 g/mol. The molecule has 2 heterocycles. The van der Waals surface area contributed by atoms with E-state index in [1.807, 2.05) is 78.9 Å². The van der Waals surface area contributed by atoms with Crippen molar-refractivity contribution >= 4 is 54.0 Å². The van der Waals surface area contributed by atoms with Crippen molar-refractivity contribution in [3.05, 3.63) is 133 Å². The fourth-order valence-electron chi connectivity index (χ4n) is 6.17. The highest BCUT2D eigenvalue weighted by Crippen LogP contribution is 2.55. The minimum Gasteiger partial charge on any atom is -0.307 e. The third-order valence-corrected chi connectivity index (χ3v) is 9.47. The van der Waals surface area contributed by atoms with Crippen molar-refractivity contribution < 1.29 is 8.42 Å². The Hall–Kier alpha value is -4.87. The lowest BCUT2D eigenvalue weighted by Crippen LogP contribution is -2.30. The van der Waals surface area contributed by atoms with Gasteiger partial charge < -0.3 is 4.57 Å². The van der Waals surface area contributed by atoms with Crippen LogP contribution in [0.15, 0.2) is 138 Å². The number of hydrogen-bond acceptors (Lipinski definition) is 2. The maximum absolute atomic E-state index is 14.5. The van der Waals surface area contributed by atoms with Crippen LogP contribution in [-0.2, 0) is 10.0 Å². The number of para-hydroxylation sites is 3. The summed E-state index contributed by atoms with van der Waals surface area (Å²) < 4.78 is 32.8. The van der Waals surface area contributed by atoms with Gasteiger partial charge in [0.05, 0.1) is 27.3 Å². The number of aromatic nitrogens is 1. The summed E-state index contributed by atoms with van der Waals surface area (Å²) >= 11 is 0. The van der Waals surface area contributed by atoms with Gasteiger partial charge in [-0.1, -0.05) is 97.1 Å². The van der Waals surface area contributed by atoms with E-state index in [0.717, 1.165) is 49.4 Å². The van der Waals surface area contributed by atoms with Gasteiger partial charge in [0.15, 0.2) is 0 Å². The Morgan fingerprint density at radius 1 is 0.513 bits per heavy atom. The number of nitrogens with zero attached hydrogens (tertiary/aromatic N) is 2. The van der Waals surface area contributed by atoms with E-state index < -0.39 is 10.0 Å². The second kappa shape index (κ2) is 8.06. The van der Waals surface area contributed by atoms with E-state index in [1.165, 1.54) is 0 Å². The maximum atomic E-state index is 14.5. The van der Waals surface area contributed by atoms with Crippen molar-refractivity contribution in [2.24, 2.45) is 0 Å².